The summed E-state index contributed by atoms with van der Waals surface area (Å²) in [4.78, 5) is 23.4. The first-order valence-corrected chi connectivity index (χ1v) is 6.59. The molecule has 5 heteroatoms. The van der Waals surface area contributed by atoms with Gasteiger partial charge in [-0.2, -0.15) is 0 Å². The molecule has 0 radical (unpaired) electrons. The number of carboxylic acids is 1. The minimum atomic E-state index is -0.995. The van der Waals surface area contributed by atoms with E-state index in [1.165, 1.54) is 0 Å². The highest BCUT2D eigenvalue weighted by Crippen LogP contribution is 2.13. The number of carboxylic acid groups (broad SMARTS) is 1. The molecule has 1 amide bonds. The van der Waals surface area contributed by atoms with Crippen LogP contribution in [0.3, 0.4) is 0 Å². The minimum absolute atomic E-state index is 0.107. The highest BCUT2D eigenvalue weighted by Gasteiger charge is 2.26. The number of amides is 1. The number of nitrogens with one attached hydrogen (secondary N) is 1. The van der Waals surface area contributed by atoms with Crippen molar-refractivity contribution in [3.63, 3.8) is 0 Å². The van der Waals surface area contributed by atoms with E-state index in [0.717, 1.165) is 0 Å². The number of aliphatic carboxylic acids is 1. The molecule has 1 heterocycles. The number of carbonyl (C=O) groups excluding carboxylic acids is 1. The third-order valence-corrected chi connectivity index (χ3v) is 3.33. The lowest BCUT2D eigenvalue weighted by Crippen LogP contribution is -2.45. The number of hydrogen-bond acceptors (Lipinski definition) is 2. The third-order valence-electron chi connectivity index (χ3n) is 3.33. The predicted octanol–water partition coefficient (Wildman–Crippen LogP) is 2.30. The summed E-state index contributed by atoms with van der Waals surface area (Å²) in [6.45, 7) is 7.67. The van der Waals surface area contributed by atoms with Gasteiger partial charge in [0.1, 0.15) is 11.7 Å². The van der Waals surface area contributed by atoms with E-state index in [1.807, 2.05) is 38.5 Å². The molecule has 0 aliphatic heterocycles. The van der Waals surface area contributed by atoms with Crippen LogP contribution in [0.2, 0.25) is 0 Å². The zero-order valence-corrected chi connectivity index (χ0v) is 11.9. The van der Waals surface area contributed by atoms with Crippen LogP contribution in [0, 0.1) is 5.92 Å². The lowest BCUT2D eigenvalue weighted by Gasteiger charge is -2.21. The number of nitrogens with zero attached hydrogens (tertiary/aromatic N) is 1. The van der Waals surface area contributed by atoms with Crippen LogP contribution in [0.1, 0.15) is 50.6 Å². The molecule has 0 saturated carbocycles. The average Bonchev–Trinajstić information content (AvgIpc) is 2.83. The van der Waals surface area contributed by atoms with Crippen molar-refractivity contribution < 1.29 is 14.7 Å². The smallest absolute Gasteiger partial charge is 0.326 e. The molecule has 106 valence electrons. The quantitative estimate of drug-likeness (QED) is 0.830. The molecule has 0 fully saturated rings. The summed E-state index contributed by atoms with van der Waals surface area (Å²) in [6, 6.07) is 2.79. The van der Waals surface area contributed by atoms with Gasteiger partial charge >= 0.3 is 5.97 Å². The molecule has 1 aromatic rings. The summed E-state index contributed by atoms with van der Waals surface area (Å²) in [6.07, 6.45) is 2.51. The van der Waals surface area contributed by atoms with Gasteiger partial charge in [0, 0.05) is 12.2 Å². The van der Waals surface area contributed by atoms with Crippen LogP contribution in [-0.4, -0.2) is 27.6 Å². The second-order valence-electron chi connectivity index (χ2n) is 5.07. The first-order valence-electron chi connectivity index (χ1n) is 6.59. The van der Waals surface area contributed by atoms with Crippen LogP contribution in [0.5, 0.6) is 0 Å². The van der Waals surface area contributed by atoms with Crippen LogP contribution in [0.4, 0.5) is 0 Å². The zero-order chi connectivity index (χ0) is 14.6. The van der Waals surface area contributed by atoms with Crippen molar-refractivity contribution in [1.82, 2.24) is 9.88 Å². The average molecular weight is 266 g/mol. The number of aromatic nitrogens is 1. The normalized spacial score (nSPS) is 14.2. The SMILES string of the molecule is CC[C@H](C)[C@H](NC(=O)c1cccn1C(C)C)C(=O)O. The standard InChI is InChI=1S/C14H22N2O3/c1-5-10(4)12(14(18)19)15-13(17)11-7-6-8-16(11)9(2)3/h6-10,12H,5H2,1-4H3,(H,15,17)(H,18,19)/t10-,12-/m0/s1. The van der Waals surface area contributed by atoms with Crippen molar-refractivity contribution >= 4 is 11.9 Å². The van der Waals surface area contributed by atoms with Crippen molar-refractivity contribution in [3.05, 3.63) is 24.0 Å². The highest BCUT2D eigenvalue weighted by atomic mass is 16.4. The number of carbonyl (C=O) groups is 2. The molecule has 1 aromatic heterocycles. The van der Waals surface area contributed by atoms with Crippen LogP contribution >= 0.6 is 0 Å². The molecule has 2 N–H and O–H groups in total. The van der Waals surface area contributed by atoms with Gasteiger partial charge in [0.05, 0.1) is 0 Å². The summed E-state index contributed by atoms with van der Waals surface area (Å²) in [5.74, 6) is -1.44. The van der Waals surface area contributed by atoms with E-state index >= 15 is 0 Å². The molecule has 0 spiro atoms. The molecule has 2 atom stereocenters. The summed E-state index contributed by atoms with van der Waals surface area (Å²) in [7, 11) is 0. The van der Waals surface area contributed by atoms with Crippen molar-refractivity contribution in [2.75, 3.05) is 0 Å². The van der Waals surface area contributed by atoms with E-state index in [2.05, 4.69) is 5.32 Å². The topological polar surface area (TPSA) is 71.3 Å². The van der Waals surface area contributed by atoms with Gasteiger partial charge < -0.3 is 15.0 Å². The van der Waals surface area contributed by atoms with Gasteiger partial charge in [-0.05, 0) is 31.9 Å². The molecule has 0 aliphatic rings. The Kier molecular flexibility index (Phi) is 5.15. The van der Waals surface area contributed by atoms with Crippen LogP contribution in [-0.2, 0) is 4.79 Å². The molecule has 0 bridgehead atoms. The van der Waals surface area contributed by atoms with E-state index < -0.39 is 12.0 Å². The van der Waals surface area contributed by atoms with Crippen molar-refractivity contribution in [2.24, 2.45) is 5.92 Å². The Labute approximate surface area is 113 Å². The predicted molar refractivity (Wildman–Crippen MR) is 73.2 cm³/mol. The fraction of sp³-hybridized carbons (Fsp3) is 0.571. The summed E-state index contributed by atoms with van der Waals surface area (Å²) < 4.78 is 1.82. The van der Waals surface area contributed by atoms with Crippen molar-refractivity contribution in [3.8, 4) is 0 Å². The molecule has 19 heavy (non-hydrogen) atoms. The first-order chi connectivity index (χ1) is 8.88. The van der Waals surface area contributed by atoms with Crippen molar-refractivity contribution in [1.29, 1.82) is 0 Å². The molecule has 0 aliphatic carbocycles. The Morgan fingerprint density at radius 2 is 2.00 bits per heavy atom. The third kappa shape index (κ3) is 3.59. The summed E-state index contributed by atoms with van der Waals surface area (Å²) >= 11 is 0. The van der Waals surface area contributed by atoms with Crippen LogP contribution < -0.4 is 5.32 Å². The maximum atomic E-state index is 12.2. The van der Waals surface area contributed by atoms with Gasteiger partial charge in [-0.1, -0.05) is 20.3 Å². The second kappa shape index (κ2) is 6.41. The van der Waals surface area contributed by atoms with E-state index in [-0.39, 0.29) is 17.9 Å². The maximum Gasteiger partial charge on any atom is 0.326 e. The van der Waals surface area contributed by atoms with Crippen LogP contribution in [0.25, 0.3) is 0 Å². The lowest BCUT2D eigenvalue weighted by molar-refractivity contribution is -0.140. The molecule has 1 rings (SSSR count). The Hall–Kier alpha value is -1.78. The van der Waals surface area contributed by atoms with Crippen LogP contribution in [0.15, 0.2) is 18.3 Å². The number of hydrogen-bond donors (Lipinski definition) is 2. The maximum absolute atomic E-state index is 12.2. The van der Waals surface area contributed by atoms with Crippen molar-refractivity contribution in [2.45, 2.75) is 46.2 Å². The molecule has 0 saturated heterocycles. The van der Waals surface area contributed by atoms with Gasteiger partial charge in [-0.25, -0.2) is 4.79 Å². The van der Waals surface area contributed by atoms with E-state index in [0.29, 0.717) is 12.1 Å². The fourth-order valence-electron chi connectivity index (χ4n) is 1.93. The molecule has 5 nitrogen and oxygen atoms in total. The highest BCUT2D eigenvalue weighted by molar-refractivity contribution is 5.95. The Balaban J connectivity index is 2.88. The molecule has 0 aromatic carbocycles. The van der Waals surface area contributed by atoms with E-state index in [4.69, 9.17) is 0 Å². The lowest BCUT2D eigenvalue weighted by atomic mass is 9.99. The summed E-state index contributed by atoms with van der Waals surface area (Å²) in [5.41, 5.74) is 0.490. The van der Waals surface area contributed by atoms with Gasteiger partial charge in [0.15, 0.2) is 0 Å². The Bertz CT molecular complexity index is 451. The molecular weight excluding hydrogens is 244 g/mol. The van der Waals surface area contributed by atoms with Gasteiger partial charge in [-0.15, -0.1) is 0 Å². The summed E-state index contributed by atoms with van der Waals surface area (Å²) in [5, 5.41) is 11.8. The Morgan fingerprint density at radius 1 is 1.37 bits per heavy atom. The van der Waals surface area contributed by atoms with Gasteiger partial charge in [0.25, 0.3) is 5.91 Å². The zero-order valence-electron chi connectivity index (χ0n) is 11.9. The Morgan fingerprint density at radius 3 is 2.47 bits per heavy atom. The fourth-order valence-corrected chi connectivity index (χ4v) is 1.93. The number of rotatable bonds is 6. The largest absolute Gasteiger partial charge is 0.480 e. The van der Waals surface area contributed by atoms with E-state index in [1.54, 1.807) is 12.1 Å². The van der Waals surface area contributed by atoms with Gasteiger partial charge in [-0.3, -0.25) is 4.79 Å². The molecule has 0 unspecified atom stereocenters. The van der Waals surface area contributed by atoms with Gasteiger partial charge in [0.2, 0.25) is 0 Å². The van der Waals surface area contributed by atoms with E-state index in [9.17, 15) is 14.7 Å². The molecular formula is C14H22N2O3. The minimum Gasteiger partial charge on any atom is -0.480 e. The first kappa shape index (κ1) is 15.3. The monoisotopic (exact) mass is 266 g/mol. The second-order valence-corrected chi connectivity index (χ2v) is 5.07.